The second-order valence-corrected chi connectivity index (χ2v) is 8.04. The Morgan fingerprint density at radius 1 is 1.10 bits per heavy atom. The predicted octanol–water partition coefficient (Wildman–Crippen LogP) is 2.68. The van der Waals surface area contributed by atoms with Gasteiger partial charge >= 0.3 is 6.01 Å². The highest BCUT2D eigenvalue weighted by Crippen LogP contribution is 2.32. The van der Waals surface area contributed by atoms with Crippen molar-refractivity contribution >= 4 is 29.2 Å². The molecule has 2 amide bonds. The third-order valence-corrected chi connectivity index (χ3v) is 5.91. The van der Waals surface area contributed by atoms with Crippen molar-refractivity contribution in [2.75, 3.05) is 38.3 Å². The van der Waals surface area contributed by atoms with Crippen molar-refractivity contribution in [1.29, 1.82) is 0 Å². The van der Waals surface area contributed by atoms with Crippen molar-refractivity contribution in [3.63, 3.8) is 0 Å². The Labute approximate surface area is 182 Å². The summed E-state index contributed by atoms with van der Waals surface area (Å²) in [4.78, 5) is 33.0. The SMILES string of the molecule is O=C(Nc1nc(C(=O)N2CCN(Cc3ccc4c(c3)OCO4)CC2)co1)c1ccsc1. The smallest absolute Gasteiger partial charge is 0.302 e. The lowest BCUT2D eigenvalue weighted by Gasteiger charge is -2.34. The number of nitrogens with one attached hydrogen (secondary N) is 1. The van der Waals surface area contributed by atoms with E-state index >= 15 is 0 Å². The third kappa shape index (κ3) is 4.25. The molecule has 1 fully saturated rings. The van der Waals surface area contributed by atoms with Crippen LogP contribution in [0.1, 0.15) is 26.4 Å². The van der Waals surface area contributed by atoms with E-state index in [1.54, 1.807) is 16.3 Å². The van der Waals surface area contributed by atoms with Crippen molar-refractivity contribution in [3.8, 4) is 11.5 Å². The van der Waals surface area contributed by atoms with Crippen molar-refractivity contribution in [1.82, 2.24) is 14.8 Å². The standard InChI is InChI=1S/C21H20N4O5S/c26-19(15-3-8-31-12-15)23-21-22-16(11-28-21)20(27)25-6-4-24(5-7-25)10-14-1-2-17-18(9-14)30-13-29-17/h1-3,8-9,11-12H,4-7,10,13H2,(H,22,23,26). The summed E-state index contributed by atoms with van der Waals surface area (Å²) in [5.41, 5.74) is 1.85. The molecule has 9 nitrogen and oxygen atoms in total. The van der Waals surface area contributed by atoms with Gasteiger partial charge in [-0.15, -0.1) is 0 Å². The molecule has 0 atom stereocenters. The molecule has 0 aliphatic carbocycles. The van der Waals surface area contributed by atoms with Crippen LogP contribution in [0, 0.1) is 0 Å². The highest BCUT2D eigenvalue weighted by atomic mass is 32.1. The molecule has 2 aliphatic heterocycles. The highest BCUT2D eigenvalue weighted by molar-refractivity contribution is 7.08. The van der Waals surface area contributed by atoms with Crippen LogP contribution in [0.15, 0.2) is 45.7 Å². The highest BCUT2D eigenvalue weighted by Gasteiger charge is 2.25. The number of aromatic nitrogens is 1. The van der Waals surface area contributed by atoms with Gasteiger partial charge in [-0.1, -0.05) is 6.07 Å². The zero-order valence-corrected chi connectivity index (χ0v) is 17.4. The van der Waals surface area contributed by atoms with E-state index in [2.05, 4.69) is 15.2 Å². The summed E-state index contributed by atoms with van der Waals surface area (Å²) >= 11 is 1.42. The number of oxazole rings is 1. The number of carbonyl (C=O) groups is 2. The molecule has 0 radical (unpaired) electrons. The van der Waals surface area contributed by atoms with E-state index in [9.17, 15) is 9.59 Å². The summed E-state index contributed by atoms with van der Waals surface area (Å²) in [5, 5.41) is 6.11. The molecule has 1 saturated heterocycles. The monoisotopic (exact) mass is 440 g/mol. The summed E-state index contributed by atoms with van der Waals surface area (Å²) < 4.78 is 16.1. The molecule has 0 spiro atoms. The Balaban J connectivity index is 1.14. The first-order valence-corrected chi connectivity index (χ1v) is 10.8. The van der Waals surface area contributed by atoms with Crippen LogP contribution in [0.2, 0.25) is 0 Å². The van der Waals surface area contributed by atoms with Crippen LogP contribution in [0.5, 0.6) is 11.5 Å². The number of benzene rings is 1. The zero-order valence-electron chi connectivity index (χ0n) is 16.6. The lowest BCUT2D eigenvalue weighted by molar-refractivity contribution is 0.0622. The van der Waals surface area contributed by atoms with E-state index in [4.69, 9.17) is 13.9 Å². The Kier molecular flexibility index (Phi) is 5.31. The number of hydrogen-bond acceptors (Lipinski definition) is 8. The fraction of sp³-hybridized carbons (Fsp3) is 0.286. The topological polar surface area (TPSA) is 97.1 Å². The average molecular weight is 440 g/mol. The summed E-state index contributed by atoms with van der Waals surface area (Å²) in [7, 11) is 0. The molecular formula is C21H20N4O5S. The maximum Gasteiger partial charge on any atom is 0.302 e. The second-order valence-electron chi connectivity index (χ2n) is 7.26. The van der Waals surface area contributed by atoms with Gasteiger partial charge in [-0.05, 0) is 29.1 Å². The number of amides is 2. The molecule has 4 heterocycles. The fourth-order valence-electron chi connectivity index (χ4n) is 3.56. The van der Waals surface area contributed by atoms with Crippen molar-refractivity contribution in [2.24, 2.45) is 0 Å². The molecule has 2 aromatic heterocycles. The maximum atomic E-state index is 12.8. The summed E-state index contributed by atoms with van der Waals surface area (Å²) in [6.07, 6.45) is 1.28. The quantitative estimate of drug-likeness (QED) is 0.651. The molecule has 5 rings (SSSR count). The van der Waals surface area contributed by atoms with Gasteiger partial charge in [-0.25, -0.2) is 0 Å². The minimum Gasteiger partial charge on any atom is -0.454 e. The average Bonchev–Trinajstić information content (AvgIpc) is 3.55. The summed E-state index contributed by atoms with van der Waals surface area (Å²) in [6.45, 7) is 3.72. The first-order valence-electron chi connectivity index (χ1n) is 9.85. The van der Waals surface area contributed by atoms with Crippen LogP contribution >= 0.6 is 11.3 Å². The van der Waals surface area contributed by atoms with Crippen LogP contribution in [0.4, 0.5) is 6.01 Å². The van der Waals surface area contributed by atoms with E-state index < -0.39 is 0 Å². The van der Waals surface area contributed by atoms with E-state index in [1.807, 2.05) is 23.6 Å². The van der Waals surface area contributed by atoms with Gasteiger partial charge in [0.05, 0.1) is 5.56 Å². The molecule has 10 heteroatoms. The number of fused-ring (bicyclic) bond motifs is 1. The molecule has 1 aromatic carbocycles. The molecule has 160 valence electrons. The van der Waals surface area contributed by atoms with Crippen LogP contribution in [0.25, 0.3) is 0 Å². The van der Waals surface area contributed by atoms with Gasteiger partial charge in [-0.3, -0.25) is 19.8 Å². The Hall–Kier alpha value is -3.37. The molecular weight excluding hydrogens is 420 g/mol. The Bertz CT molecular complexity index is 1090. The van der Waals surface area contributed by atoms with Gasteiger partial charge in [0.2, 0.25) is 6.79 Å². The van der Waals surface area contributed by atoms with Crippen LogP contribution < -0.4 is 14.8 Å². The van der Waals surface area contributed by atoms with Gasteiger partial charge in [0, 0.05) is 38.1 Å². The van der Waals surface area contributed by atoms with E-state index in [0.717, 1.165) is 36.7 Å². The number of rotatable bonds is 5. The molecule has 2 aliphatic rings. The van der Waals surface area contributed by atoms with Crippen LogP contribution in [-0.4, -0.2) is 59.6 Å². The van der Waals surface area contributed by atoms with Crippen LogP contribution in [0.3, 0.4) is 0 Å². The predicted molar refractivity (Wildman–Crippen MR) is 113 cm³/mol. The summed E-state index contributed by atoms with van der Waals surface area (Å²) in [6, 6.07) is 7.68. The van der Waals surface area contributed by atoms with Gasteiger partial charge in [0.25, 0.3) is 11.8 Å². The van der Waals surface area contributed by atoms with E-state index in [-0.39, 0.29) is 30.3 Å². The minimum absolute atomic E-state index is 0.0148. The van der Waals surface area contributed by atoms with E-state index in [0.29, 0.717) is 18.7 Å². The van der Waals surface area contributed by atoms with Gasteiger partial charge in [-0.2, -0.15) is 16.3 Å². The van der Waals surface area contributed by atoms with Crippen molar-refractivity contribution in [3.05, 3.63) is 58.1 Å². The lowest BCUT2D eigenvalue weighted by Crippen LogP contribution is -2.48. The number of anilines is 1. The molecule has 3 aromatic rings. The summed E-state index contributed by atoms with van der Waals surface area (Å²) in [5.74, 6) is 1.03. The number of carbonyl (C=O) groups excluding carboxylic acids is 2. The minimum atomic E-state index is -0.320. The number of piperazine rings is 1. The lowest BCUT2D eigenvalue weighted by atomic mass is 10.1. The molecule has 0 saturated carbocycles. The fourth-order valence-corrected chi connectivity index (χ4v) is 4.20. The normalized spacial score (nSPS) is 15.8. The molecule has 0 unspecified atom stereocenters. The van der Waals surface area contributed by atoms with Gasteiger partial charge in [0.1, 0.15) is 6.26 Å². The third-order valence-electron chi connectivity index (χ3n) is 5.23. The number of hydrogen-bond donors (Lipinski definition) is 1. The number of ether oxygens (including phenoxy) is 2. The largest absolute Gasteiger partial charge is 0.454 e. The van der Waals surface area contributed by atoms with E-state index in [1.165, 1.54) is 17.6 Å². The second kappa shape index (κ2) is 8.40. The molecule has 1 N–H and O–H groups in total. The van der Waals surface area contributed by atoms with Crippen molar-refractivity contribution in [2.45, 2.75) is 6.54 Å². The maximum absolute atomic E-state index is 12.8. The molecule has 31 heavy (non-hydrogen) atoms. The first-order chi connectivity index (χ1) is 15.2. The van der Waals surface area contributed by atoms with Gasteiger partial charge in [0.15, 0.2) is 17.2 Å². The van der Waals surface area contributed by atoms with Crippen LogP contribution in [-0.2, 0) is 6.54 Å². The molecule has 0 bridgehead atoms. The Morgan fingerprint density at radius 3 is 2.74 bits per heavy atom. The number of nitrogens with zero attached hydrogens (tertiary/aromatic N) is 3. The van der Waals surface area contributed by atoms with Gasteiger partial charge < -0.3 is 18.8 Å². The zero-order chi connectivity index (χ0) is 21.2. The Morgan fingerprint density at radius 2 is 1.94 bits per heavy atom. The first kappa shape index (κ1) is 19.6. The van der Waals surface area contributed by atoms with Crippen molar-refractivity contribution < 1.29 is 23.5 Å². The number of thiophene rings is 1.